The molecule has 0 atom stereocenters. The highest BCUT2D eigenvalue weighted by Crippen LogP contribution is 2.40. The molecule has 0 unspecified atom stereocenters. The van der Waals surface area contributed by atoms with Crippen molar-refractivity contribution in [3.05, 3.63) is 22.8 Å². The molecular weight excluding hydrogens is 284 g/mol. The van der Waals surface area contributed by atoms with Gasteiger partial charge in [-0.1, -0.05) is 0 Å². The Morgan fingerprint density at radius 2 is 1.95 bits per heavy atom. The van der Waals surface area contributed by atoms with E-state index in [4.69, 9.17) is 14.2 Å². The maximum Gasteiger partial charge on any atom is 0.317 e. The van der Waals surface area contributed by atoms with Gasteiger partial charge in [0, 0.05) is 49.2 Å². The number of hydrogen-bond donors (Lipinski definition) is 1. The third kappa shape index (κ3) is 2.37. The lowest BCUT2D eigenvalue weighted by Crippen LogP contribution is -2.46. The minimum atomic E-state index is -0.0356. The number of hydrogen-bond acceptors (Lipinski definition) is 4. The van der Waals surface area contributed by atoms with E-state index < -0.39 is 0 Å². The molecule has 6 heteroatoms. The molecule has 1 aromatic rings. The number of carbonyl (C=O) groups is 1. The maximum atomic E-state index is 12.3. The molecule has 0 radical (unpaired) electrons. The summed E-state index contributed by atoms with van der Waals surface area (Å²) in [5.41, 5.74) is 3.46. The number of nitrogens with zero attached hydrogens (tertiary/aromatic N) is 1. The van der Waals surface area contributed by atoms with Crippen molar-refractivity contribution in [2.45, 2.75) is 19.4 Å². The monoisotopic (exact) mass is 304 g/mol. The van der Waals surface area contributed by atoms with E-state index in [1.54, 1.807) is 4.90 Å². The Morgan fingerprint density at radius 3 is 2.82 bits per heavy atom. The van der Waals surface area contributed by atoms with Gasteiger partial charge in [0.1, 0.15) is 11.5 Å². The molecule has 1 aromatic carbocycles. The average Bonchev–Trinajstić information content (AvgIpc) is 3.20. The summed E-state index contributed by atoms with van der Waals surface area (Å²) in [7, 11) is 0. The molecule has 6 nitrogen and oxygen atoms in total. The molecule has 1 saturated heterocycles. The molecule has 0 saturated carbocycles. The predicted octanol–water partition coefficient (Wildman–Crippen LogP) is 1.10. The number of nitrogens with one attached hydrogen (secondary N) is 1. The van der Waals surface area contributed by atoms with Gasteiger partial charge >= 0.3 is 6.03 Å². The van der Waals surface area contributed by atoms with Crippen molar-refractivity contribution in [1.82, 2.24) is 10.2 Å². The van der Waals surface area contributed by atoms with Crippen LogP contribution in [-0.2, 0) is 24.1 Å². The summed E-state index contributed by atoms with van der Waals surface area (Å²) in [6.07, 6.45) is 1.80. The van der Waals surface area contributed by atoms with Crippen LogP contribution in [0.3, 0.4) is 0 Å². The molecule has 1 N–H and O–H groups in total. The van der Waals surface area contributed by atoms with Gasteiger partial charge in [-0.3, -0.25) is 0 Å². The van der Waals surface area contributed by atoms with E-state index in [2.05, 4.69) is 11.4 Å². The topological polar surface area (TPSA) is 60.0 Å². The van der Waals surface area contributed by atoms with Crippen molar-refractivity contribution in [3.63, 3.8) is 0 Å². The van der Waals surface area contributed by atoms with Crippen molar-refractivity contribution in [2.75, 3.05) is 39.5 Å². The standard InChI is InChI=1S/C16H20N2O4/c19-16(18-3-7-20-8-4-18)17-10-13-12-2-6-21-14(12)9-11-1-5-22-15(11)13/h9H,1-8,10H2,(H,17,19). The number of carbonyl (C=O) groups excluding carboxylic acids is 1. The van der Waals surface area contributed by atoms with Crippen molar-refractivity contribution >= 4 is 6.03 Å². The molecule has 1 fully saturated rings. The highest BCUT2D eigenvalue weighted by atomic mass is 16.5. The largest absolute Gasteiger partial charge is 0.493 e. The van der Waals surface area contributed by atoms with E-state index in [-0.39, 0.29) is 6.03 Å². The third-order valence-corrected chi connectivity index (χ3v) is 4.47. The molecule has 0 aliphatic carbocycles. The molecule has 22 heavy (non-hydrogen) atoms. The second-order valence-corrected chi connectivity index (χ2v) is 5.78. The summed E-state index contributed by atoms with van der Waals surface area (Å²) >= 11 is 0. The molecule has 0 bridgehead atoms. The maximum absolute atomic E-state index is 12.3. The van der Waals surface area contributed by atoms with E-state index in [0.717, 1.165) is 29.9 Å². The molecule has 3 heterocycles. The average molecular weight is 304 g/mol. The smallest absolute Gasteiger partial charge is 0.317 e. The molecule has 4 rings (SSSR count). The fourth-order valence-electron chi connectivity index (χ4n) is 3.31. The van der Waals surface area contributed by atoms with Crippen LogP contribution in [0.5, 0.6) is 11.5 Å². The predicted molar refractivity (Wildman–Crippen MR) is 79.5 cm³/mol. The highest BCUT2D eigenvalue weighted by molar-refractivity contribution is 5.74. The lowest BCUT2D eigenvalue weighted by Gasteiger charge is -2.27. The van der Waals surface area contributed by atoms with Crippen molar-refractivity contribution < 1.29 is 19.0 Å². The molecule has 0 spiro atoms. The lowest BCUT2D eigenvalue weighted by atomic mass is 9.99. The summed E-state index contributed by atoms with van der Waals surface area (Å²) in [6, 6.07) is 2.06. The first-order valence-corrected chi connectivity index (χ1v) is 7.86. The Labute approximate surface area is 129 Å². The van der Waals surface area contributed by atoms with E-state index >= 15 is 0 Å². The first-order chi connectivity index (χ1) is 10.8. The van der Waals surface area contributed by atoms with Gasteiger partial charge in [-0.05, 0) is 6.07 Å². The number of amides is 2. The summed E-state index contributed by atoms with van der Waals surface area (Å²) in [5, 5.41) is 3.02. The third-order valence-electron chi connectivity index (χ3n) is 4.47. The van der Waals surface area contributed by atoms with Crippen LogP contribution in [0.2, 0.25) is 0 Å². The Hall–Kier alpha value is -1.95. The number of ether oxygens (including phenoxy) is 3. The lowest BCUT2D eigenvalue weighted by molar-refractivity contribution is 0.0531. The number of urea groups is 1. The Kier molecular flexibility index (Phi) is 3.54. The SMILES string of the molecule is O=C(NCc1c2c(cc3c1OCC3)OCC2)N1CCOCC1. The van der Waals surface area contributed by atoms with Gasteiger partial charge in [0.15, 0.2) is 0 Å². The second kappa shape index (κ2) is 5.68. The van der Waals surface area contributed by atoms with Gasteiger partial charge in [-0.15, -0.1) is 0 Å². The van der Waals surface area contributed by atoms with Crippen LogP contribution in [-0.4, -0.2) is 50.4 Å². The minimum Gasteiger partial charge on any atom is -0.493 e. The van der Waals surface area contributed by atoms with Crippen LogP contribution < -0.4 is 14.8 Å². The van der Waals surface area contributed by atoms with Gasteiger partial charge < -0.3 is 24.4 Å². The summed E-state index contributed by atoms with van der Waals surface area (Å²) in [4.78, 5) is 14.1. The first-order valence-electron chi connectivity index (χ1n) is 7.86. The van der Waals surface area contributed by atoms with Gasteiger partial charge in [-0.2, -0.15) is 0 Å². The molecule has 3 aliphatic rings. The molecule has 118 valence electrons. The van der Waals surface area contributed by atoms with Crippen LogP contribution in [0.4, 0.5) is 4.79 Å². The summed E-state index contributed by atoms with van der Waals surface area (Å²) in [5.74, 6) is 1.91. The zero-order valence-electron chi connectivity index (χ0n) is 12.5. The van der Waals surface area contributed by atoms with E-state index in [9.17, 15) is 4.79 Å². The molecule has 0 aromatic heterocycles. The molecule has 2 amide bonds. The quantitative estimate of drug-likeness (QED) is 0.889. The van der Waals surface area contributed by atoms with Gasteiger partial charge in [-0.25, -0.2) is 4.79 Å². The number of benzene rings is 1. The van der Waals surface area contributed by atoms with Crippen LogP contribution in [0.15, 0.2) is 6.07 Å². The zero-order valence-corrected chi connectivity index (χ0v) is 12.5. The number of fused-ring (bicyclic) bond motifs is 2. The van der Waals surface area contributed by atoms with Crippen LogP contribution in [0, 0.1) is 0 Å². The number of rotatable bonds is 2. The highest BCUT2D eigenvalue weighted by Gasteiger charge is 2.27. The number of morpholine rings is 1. The second-order valence-electron chi connectivity index (χ2n) is 5.78. The van der Waals surface area contributed by atoms with E-state index in [1.807, 2.05) is 0 Å². The fraction of sp³-hybridized carbons (Fsp3) is 0.562. The van der Waals surface area contributed by atoms with Crippen molar-refractivity contribution in [3.8, 4) is 11.5 Å². The zero-order chi connectivity index (χ0) is 14.9. The normalized spacial score (nSPS) is 19.2. The molecular formula is C16H20N2O4. The van der Waals surface area contributed by atoms with Crippen LogP contribution in [0.1, 0.15) is 16.7 Å². The van der Waals surface area contributed by atoms with Gasteiger partial charge in [0.2, 0.25) is 0 Å². The Bertz CT molecular complexity index is 564. The van der Waals surface area contributed by atoms with Gasteiger partial charge in [0.05, 0.1) is 26.4 Å². The van der Waals surface area contributed by atoms with E-state index in [0.29, 0.717) is 46.1 Å². The van der Waals surface area contributed by atoms with Crippen LogP contribution >= 0.6 is 0 Å². The fourth-order valence-corrected chi connectivity index (χ4v) is 3.31. The summed E-state index contributed by atoms with van der Waals surface area (Å²) < 4.78 is 16.8. The van der Waals surface area contributed by atoms with E-state index in [1.165, 1.54) is 11.1 Å². The molecule has 3 aliphatic heterocycles. The van der Waals surface area contributed by atoms with Gasteiger partial charge in [0.25, 0.3) is 0 Å². The Balaban J connectivity index is 1.52. The minimum absolute atomic E-state index is 0.0356. The Morgan fingerprint density at radius 1 is 1.14 bits per heavy atom. The summed E-state index contributed by atoms with van der Waals surface area (Å²) in [6.45, 7) is 4.43. The van der Waals surface area contributed by atoms with Crippen molar-refractivity contribution in [2.24, 2.45) is 0 Å². The van der Waals surface area contributed by atoms with Crippen molar-refractivity contribution in [1.29, 1.82) is 0 Å². The van der Waals surface area contributed by atoms with Crippen LogP contribution in [0.25, 0.3) is 0 Å². The first kappa shape index (κ1) is 13.7.